The van der Waals surface area contributed by atoms with Crippen molar-refractivity contribution in [3.05, 3.63) is 59.7 Å². The summed E-state index contributed by atoms with van der Waals surface area (Å²) in [5, 5.41) is 2.85. The molecule has 2 rings (SSSR count). The van der Waals surface area contributed by atoms with Crippen molar-refractivity contribution in [2.75, 3.05) is 17.7 Å². The molecule has 25 heavy (non-hydrogen) atoms. The van der Waals surface area contributed by atoms with Gasteiger partial charge in [-0.15, -0.1) is 11.8 Å². The standard InChI is InChI=1S/C19H22N2O3S/c1-14-2-4-15(5-3-14)12-25-13-19(23)21-16-6-8-17(9-7-16)24-11-10-18(20)22/h2-9H,10-13H2,1H3,(H2,20,22)(H,21,23). The largest absolute Gasteiger partial charge is 0.493 e. The lowest BCUT2D eigenvalue weighted by atomic mass is 10.2. The highest BCUT2D eigenvalue weighted by Crippen LogP contribution is 2.17. The van der Waals surface area contributed by atoms with Crippen LogP contribution in [0.3, 0.4) is 0 Å². The Morgan fingerprint density at radius 2 is 1.76 bits per heavy atom. The molecule has 0 bridgehead atoms. The van der Waals surface area contributed by atoms with Crippen LogP contribution < -0.4 is 15.8 Å². The van der Waals surface area contributed by atoms with Gasteiger partial charge in [-0.05, 0) is 36.8 Å². The first-order chi connectivity index (χ1) is 12.0. The molecule has 2 aromatic rings. The number of amides is 2. The average Bonchev–Trinajstić information content (AvgIpc) is 2.58. The van der Waals surface area contributed by atoms with E-state index in [-0.39, 0.29) is 18.9 Å². The van der Waals surface area contributed by atoms with Gasteiger partial charge in [0.05, 0.1) is 18.8 Å². The Kier molecular flexibility index (Phi) is 7.35. The molecule has 0 radical (unpaired) electrons. The van der Waals surface area contributed by atoms with Crippen LogP contribution in [-0.4, -0.2) is 24.2 Å². The van der Waals surface area contributed by atoms with Gasteiger partial charge in [0.2, 0.25) is 11.8 Å². The summed E-state index contributed by atoms with van der Waals surface area (Å²) in [5.74, 6) is 1.39. The Hall–Kier alpha value is -2.47. The maximum atomic E-state index is 12.0. The summed E-state index contributed by atoms with van der Waals surface area (Å²) in [6.45, 7) is 2.30. The molecular formula is C19H22N2O3S. The highest BCUT2D eigenvalue weighted by Gasteiger charge is 2.04. The van der Waals surface area contributed by atoms with Crippen LogP contribution in [0.1, 0.15) is 17.5 Å². The number of ether oxygens (including phenoxy) is 1. The number of hydrogen-bond acceptors (Lipinski definition) is 4. The molecule has 0 heterocycles. The topological polar surface area (TPSA) is 81.4 Å². The molecule has 0 aliphatic carbocycles. The van der Waals surface area contributed by atoms with E-state index in [9.17, 15) is 9.59 Å². The zero-order valence-electron chi connectivity index (χ0n) is 14.2. The van der Waals surface area contributed by atoms with Crippen molar-refractivity contribution in [2.45, 2.75) is 19.1 Å². The maximum Gasteiger partial charge on any atom is 0.234 e. The number of nitrogens with two attached hydrogens (primary N) is 1. The third-order valence-corrected chi connectivity index (χ3v) is 4.38. The number of carbonyl (C=O) groups is 2. The highest BCUT2D eigenvalue weighted by atomic mass is 32.2. The summed E-state index contributed by atoms with van der Waals surface area (Å²) in [7, 11) is 0. The summed E-state index contributed by atoms with van der Waals surface area (Å²) in [6, 6.07) is 15.3. The van der Waals surface area contributed by atoms with E-state index in [1.165, 1.54) is 11.1 Å². The summed E-state index contributed by atoms with van der Waals surface area (Å²) in [4.78, 5) is 22.6. The van der Waals surface area contributed by atoms with Crippen molar-refractivity contribution in [2.24, 2.45) is 5.73 Å². The van der Waals surface area contributed by atoms with E-state index in [2.05, 4.69) is 36.5 Å². The molecule has 0 aromatic heterocycles. The first kappa shape index (κ1) is 18.9. The number of rotatable bonds is 9. The molecule has 0 saturated heterocycles. The predicted molar refractivity (Wildman–Crippen MR) is 102 cm³/mol. The van der Waals surface area contributed by atoms with E-state index >= 15 is 0 Å². The third-order valence-electron chi connectivity index (χ3n) is 3.38. The fourth-order valence-electron chi connectivity index (χ4n) is 2.05. The highest BCUT2D eigenvalue weighted by molar-refractivity contribution is 7.99. The van der Waals surface area contributed by atoms with Gasteiger partial charge in [-0.25, -0.2) is 0 Å². The lowest BCUT2D eigenvalue weighted by molar-refractivity contribution is -0.118. The Labute approximate surface area is 151 Å². The van der Waals surface area contributed by atoms with Gasteiger partial charge in [-0.1, -0.05) is 29.8 Å². The van der Waals surface area contributed by atoms with Crippen molar-refractivity contribution >= 4 is 29.3 Å². The first-order valence-electron chi connectivity index (χ1n) is 7.97. The van der Waals surface area contributed by atoms with Gasteiger partial charge in [0.1, 0.15) is 5.75 Å². The molecular weight excluding hydrogens is 336 g/mol. The molecule has 5 nitrogen and oxygen atoms in total. The predicted octanol–water partition coefficient (Wildman–Crippen LogP) is 3.12. The fraction of sp³-hybridized carbons (Fsp3) is 0.263. The van der Waals surface area contributed by atoms with Crippen LogP contribution in [0.5, 0.6) is 5.75 Å². The molecule has 132 valence electrons. The van der Waals surface area contributed by atoms with Crippen LogP contribution in [0.25, 0.3) is 0 Å². The number of thioether (sulfide) groups is 1. The number of primary amides is 1. The lowest BCUT2D eigenvalue weighted by Gasteiger charge is -2.08. The summed E-state index contributed by atoms with van der Waals surface area (Å²) < 4.78 is 5.38. The Balaban J connectivity index is 1.70. The SMILES string of the molecule is Cc1ccc(CSCC(=O)Nc2ccc(OCCC(N)=O)cc2)cc1. The van der Waals surface area contributed by atoms with Crippen LogP contribution >= 0.6 is 11.8 Å². The van der Waals surface area contributed by atoms with Crippen molar-refractivity contribution in [1.29, 1.82) is 0 Å². The molecule has 0 aliphatic heterocycles. The Morgan fingerprint density at radius 3 is 2.40 bits per heavy atom. The molecule has 0 unspecified atom stereocenters. The molecule has 2 aromatic carbocycles. The van der Waals surface area contributed by atoms with Crippen LogP contribution in [0.2, 0.25) is 0 Å². The van der Waals surface area contributed by atoms with Gasteiger partial charge in [-0.3, -0.25) is 9.59 Å². The van der Waals surface area contributed by atoms with Crippen molar-refractivity contribution < 1.29 is 14.3 Å². The second-order valence-corrected chi connectivity index (χ2v) is 6.60. The van der Waals surface area contributed by atoms with Crippen molar-refractivity contribution in [3.8, 4) is 5.75 Å². The van der Waals surface area contributed by atoms with Crippen LogP contribution in [0.4, 0.5) is 5.69 Å². The number of nitrogens with one attached hydrogen (secondary N) is 1. The first-order valence-corrected chi connectivity index (χ1v) is 9.13. The second-order valence-electron chi connectivity index (χ2n) is 5.62. The average molecular weight is 358 g/mol. The van der Waals surface area contributed by atoms with E-state index in [4.69, 9.17) is 10.5 Å². The number of hydrogen-bond donors (Lipinski definition) is 2. The lowest BCUT2D eigenvalue weighted by Crippen LogP contribution is -2.15. The summed E-state index contributed by atoms with van der Waals surface area (Å²) >= 11 is 1.58. The van der Waals surface area contributed by atoms with Crippen LogP contribution in [0.15, 0.2) is 48.5 Å². The zero-order chi connectivity index (χ0) is 18.1. The normalized spacial score (nSPS) is 10.3. The van der Waals surface area contributed by atoms with Gasteiger partial charge >= 0.3 is 0 Å². The second kappa shape index (κ2) is 9.74. The van der Waals surface area contributed by atoms with E-state index in [0.29, 0.717) is 17.2 Å². The minimum Gasteiger partial charge on any atom is -0.493 e. The van der Waals surface area contributed by atoms with Crippen molar-refractivity contribution in [3.63, 3.8) is 0 Å². The van der Waals surface area contributed by atoms with Gasteiger partial charge < -0.3 is 15.8 Å². The van der Waals surface area contributed by atoms with Crippen molar-refractivity contribution in [1.82, 2.24) is 0 Å². The number of anilines is 1. The maximum absolute atomic E-state index is 12.0. The molecule has 3 N–H and O–H groups in total. The molecule has 6 heteroatoms. The van der Waals surface area contributed by atoms with E-state index in [1.54, 1.807) is 36.0 Å². The van der Waals surface area contributed by atoms with E-state index < -0.39 is 5.91 Å². The number of aryl methyl sites for hydroxylation is 1. The smallest absolute Gasteiger partial charge is 0.234 e. The Bertz CT molecular complexity index is 700. The zero-order valence-corrected chi connectivity index (χ0v) is 15.0. The minimum absolute atomic E-state index is 0.0421. The molecule has 0 aliphatic rings. The number of carbonyl (C=O) groups excluding carboxylic acids is 2. The quantitative estimate of drug-likeness (QED) is 0.722. The number of benzene rings is 2. The van der Waals surface area contributed by atoms with E-state index in [1.807, 2.05) is 0 Å². The fourth-order valence-corrected chi connectivity index (χ4v) is 2.83. The molecule has 0 atom stereocenters. The van der Waals surface area contributed by atoms with Gasteiger partial charge in [0.15, 0.2) is 0 Å². The monoisotopic (exact) mass is 358 g/mol. The van der Waals surface area contributed by atoms with E-state index in [0.717, 1.165) is 5.75 Å². The summed E-state index contributed by atoms with van der Waals surface area (Å²) in [6.07, 6.45) is 0.177. The van der Waals surface area contributed by atoms with Gasteiger partial charge in [0, 0.05) is 11.4 Å². The molecule has 0 saturated carbocycles. The molecule has 0 spiro atoms. The minimum atomic E-state index is -0.396. The molecule has 2 amide bonds. The van der Waals surface area contributed by atoms with Gasteiger partial charge in [-0.2, -0.15) is 0 Å². The van der Waals surface area contributed by atoms with Gasteiger partial charge in [0.25, 0.3) is 0 Å². The third kappa shape index (κ3) is 7.30. The van der Waals surface area contributed by atoms with Crippen LogP contribution in [-0.2, 0) is 15.3 Å². The summed E-state index contributed by atoms with van der Waals surface area (Å²) in [5.41, 5.74) is 8.20. The molecule has 0 fully saturated rings. The Morgan fingerprint density at radius 1 is 1.08 bits per heavy atom. The van der Waals surface area contributed by atoms with Crippen LogP contribution in [0, 0.1) is 6.92 Å².